The van der Waals surface area contributed by atoms with Gasteiger partial charge in [-0.1, -0.05) is 24.3 Å². The minimum Gasteiger partial charge on any atom is -0.457 e. The lowest BCUT2D eigenvalue weighted by atomic mass is 10.0. The van der Waals surface area contributed by atoms with Gasteiger partial charge in [-0.2, -0.15) is 13.2 Å². The van der Waals surface area contributed by atoms with Gasteiger partial charge in [-0.05, 0) is 42.0 Å². The Bertz CT molecular complexity index is 1530. The SMILES string of the molecule is [C-]#[N+]C(C#N)=C1c2ccccc2-c2nc3cc(Oc4ccc(C(F)(F)F)cc4)ccc3nc21. The molecule has 1 aromatic heterocycles. The maximum absolute atomic E-state index is 12.8. The van der Waals surface area contributed by atoms with Crippen LogP contribution in [0.4, 0.5) is 13.2 Å². The summed E-state index contributed by atoms with van der Waals surface area (Å²) in [6.07, 6.45) is -4.42. The lowest BCUT2D eigenvalue weighted by Gasteiger charge is -2.10. The zero-order valence-electron chi connectivity index (χ0n) is 16.7. The molecule has 0 aliphatic heterocycles. The largest absolute Gasteiger partial charge is 0.457 e. The lowest BCUT2D eigenvalue weighted by molar-refractivity contribution is -0.137. The second kappa shape index (κ2) is 7.47. The summed E-state index contributed by atoms with van der Waals surface area (Å²) in [5, 5.41) is 9.44. The van der Waals surface area contributed by atoms with E-state index < -0.39 is 11.7 Å². The highest BCUT2D eigenvalue weighted by atomic mass is 19.4. The van der Waals surface area contributed by atoms with Crippen LogP contribution in [0.15, 0.2) is 72.4 Å². The number of nitriles is 1. The monoisotopic (exact) mass is 440 g/mol. The van der Waals surface area contributed by atoms with E-state index in [0.717, 1.165) is 23.3 Å². The van der Waals surface area contributed by atoms with Crippen molar-refractivity contribution in [2.45, 2.75) is 6.18 Å². The zero-order valence-corrected chi connectivity index (χ0v) is 16.7. The van der Waals surface area contributed by atoms with Crippen molar-refractivity contribution in [1.29, 1.82) is 5.26 Å². The Morgan fingerprint density at radius 1 is 0.879 bits per heavy atom. The molecule has 4 aromatic rings. The molecule has 0 spiro atoms. The molecule has 1 aliphatic carbocycles. The fourth-order valence-electron chi connectivity index (χ4n) is 3.72. The number of ether oxygens (including phenoxy) is 1. The summed E-state index contributed by atoms with van der Waals surface area (Å²) in [6.45, 7) is 7.37. The number of benzene rings is 3. The summed E-state index contributed by atoms with van der Waals surface area (Å²) in [5.74, 6) is 0.639. The Kier molecular flexibility index (Phi) is 4.58. The van der Waals surface area contributed by atoms with E-state index in [2.05, 4.69) is 9.83 Å². The van der Waals surface area contributed by atoms with Gasteiger partial charge in [0.2, 0.25) is 0 Å². The molecule has 33 heavy (non-hydrogen) atoms. The van der Waals surface area contributed by atoms with Gasteiger partial charge in [0.05, 0.1) is 40.6 Å². The molecule has 0 N–H and O–H groups in total. The minimum absolute atomic E-state index is 0.0582. The summed E-state index contributed by atoms with van der Waals surface area (Å²) >= 11 is 0. The van der Waals surface area contributed by atoms with Gasteiger partial charge in [0.1, 0.15) is 11.5 Å². The van der Waals surface area contributed by atoms with Crippen LogP contribution in [0.1, 0.15) is 16.8 Å². The second-order valence-electron chi connectivity index (χ2n) is 7.19. The molecule has 0 unspecified atom stereocenters. The molecule has 3 aromatic carbocycles. The van der Waals surface area contributed by atoms with Gasteiger partial charge in [-0.3, -0.25) is 0 Å². The fourth-order valence-corrected chi connectivity index (χ4v) is 3.72. The van der Waals surface area contributed by atoms with Crippen molar-refractivity contribution in [2.24, 2.45) is 0 Å². The summed E-state index contributed by atoms with van der Waals surface area (Å²) in [4.78, 5) is 12.7. The van der Waals surface area contributed by atoms with Gasteiger partial charge >= 0.3 is 6.18 Å². The van der Waals surface area contributed by atoms with Crippen LogP contribution >= 0.6 is 0 Å². The van der Waals surface area contributed by atoms with Gasteiger partial charge in [0, 0.05) is 17.2 Å². The number of allylic oxidation sites excluding steroid dienone is 1. The zero-order chi connectivity index (χ0) is 23.2. The van der Waals surface area contributed by atoms with Gasteiger partial charge in [-0.25, -0.2) is 20.1 Å². The van der Waals surface area contributed by atoms with Crippen molar-refractivity contribution in [1.82, 2.24) is 9.97 Å². The normalized spacial score (nSPS) is 13.6. The van der Waals surface area contributed by atoms with Crippen LogP contribution in [0.3, 0.4) is 0 Å². The van der Waals surface area contributed by atoms with Crippen LogP contribution in [0.2, 0.25) is 0 Å². The summed E-state index contributed by atoms with van der Waals surface area (Å²) in [7, 11) is 0. The smallest absolute Gasteiger partial charge is 0.416 e. The highest BCUT2D eigenvalue weighted by molar-refractivity contribution is 6.02. The van der Waals surface area contributed by atoms with Gasteiger partial charge in [-0.15, -0.1) is 0 Å². The molecule has 1 aliphatic rings. The Morgan fingerprint density at radius 2 is 1.55 bits per heavy atom. The molecule has 0 saturated carbocycles. The van der Waals surface area contributed by atoms with Gasteiger partial charge in [0.15, 0.2) is 0 Å². The van der Waals surface area contributed by atoms with Crippen LogP contribution < -0.4 is 4.74 Å². The number of aromatic nitrogens is 2. The van der Waals surface area contributed by atoms with E-state index in [-0.39, 0.29) is 11.4 Å². The Hall–Kier alpha value is -4.69. The van der Waals surface area contributed by atoms with Crippen LogP contribution in [-0.4, -0.2) is 9.97 Å². The molecular formula is C25H11F3N4O. The average Bonchev–Trinajstić information content (AvgIpc) is 3.12. The first-order chi connectivity index (χ1) is 15.9. The van der Waals surface area contributed by atoms with E-state index in [1.807, 2.05) is 30.3 Å². The molecule has 5 rings (SSSR count). The highest BCUT2D eigenvalue weighted by Crippen LogP contribution is 2.44. The van der Waals surface area contributed by atoms with Gasteiger partial charge < -0.3 is 4.74 Å². The van der Waals surface area contributed by atoms with Crippen molar-refractivity contribution >= 4 is 16.6 Å². The maximum atomic E-state index is 12.8. The summed E-state index contributed by atoms with van der Waals surface area (Å²) < 4.78 is 44.0. The van der Waals surface area contributed by atoms with Crippen molar-refractivity contribution in [3.63, 3.8) is 0 Å². The van der Waals surface area contributed by atoms with Crippen LogP contribution in [-0.2, 0) is 6.18 Å². The lowest BCUT2D eigenvalue weighted by Crippen LogP contribution is -2.04. The number of alkyl halides is 3. The number of halogens is 3. The number of hydrogen-bond acceptors (Lipinski definition) is 4. The van der Waals surface area contributed by atoms with Crippen LogP contribution in [0, 0.1) is 17.9 Å². The molecule has 5 nitrogen and oxygen atoms in total. The van der Waals surface area contributed by atoms with Crippen molar-refractivity contribution in [3.05, 3.63) is 101 Å². The average molecular weight is 440 g/mol. The van der Waals surface area contributed by atoms with E-state index in [4.69, 9.17) is 16.3 Å². The molecular weight excluding hydrogens is 429 g/mol. The second-order valence-corrected chi connectivity index (χ2v) is 7.19. The first-order valence-corrected chi connectivity index (χ1v) is 9.68. The standard InChI is InChI=1S/C25H11F3N4O/c1-30-21(13-29)22-17-4-2-3-5-18(17)23-24(22)31-19-11-10-16(12-20(19)32-23)33-15-8-6-14(7-9-15)25(26,27)28/h2-12H. The third kappa shape index (κ3) is 3.44. The number of fused-ring (bicyclic) bond motifs is 4. The Balaban J connectivity index is 1.58. The molecule has 1 heterocycles. The quantitative estimate of drug-likeness (QED) is 0.229. The summed E-state index contributed by atoms with van der Waals surface area (Å²) in [5.41, 5.74) is 3.18. The molecule has 8 heteroatoms. The first kappa shape index (κ1) is 20.2. The molecule has 158 valence electrons. The van der Waals surface area contributed by atoms with E-state index >= 15 is 0 Å². The van der Waals surface area contributed by atoms with Crippen LogP contribution in [0.25, 0.3) is 32.7 Å². The molecule has 0 bridgehead atoms. The van der Waals surface area contributed by atoms with Crippen molar-refractivity contribution in [2.75, 3.05) is 0 Å². The molecule has 0 saturated heterocycles. The number of nitrogens with zero attached hydrogens (tertiary/aromatic N) is 4. The van der Waals surface area contributed by atoms with Crippen molar-refractivity contribution < 1.29 is 17.9 Å². The van der Waals surface area contributed by atoms with E-state index in [9.17, 15) is 18.4 Å². The molecule has 0 fully saturated rings. The number of hydrogen-bond donors (Lipinski definition) is 0. The van der Waals surface area contributed by atoms with E-state index in [0.29, 0.717) is 33.7 Å². The predicted octanol–water partition coefficient (Wildman–Crippen LogP) is 6.62. The van der Waals surface area contributed by atoms with Crippen molar-refractivity contribution in [3.8, 4) is 28.8 Å². The summed E-state index contributed by atoms with van der Waals surface area (Å²) in [6, 6.07) is 18.6. The topological polar surface area (TPSA) is 63.2 Å². The van der Waals surface area contributed by atoms with Gasteiger partial charge in [0.25, 0.3) is 5.70 Å². The molecule has 0 radical (unpaired) electrons. The first-order valence-electron chi connectivity index (χ1n) is 9.68. The molecule has 0 amide bonds. The molecule has 0 atom stereocenters. The van der Waals surface area contributed by atoms with E-state index in [1.165, 1.54) is 12.1 Å². The fraction of sp³-hybridized carbons (Fsp3) is 0.0400. The Morgan fingerprint density at radius 3 is 2.21 bits per heavy atom. The third-order valence-electron chi connectivity index (χ3n) is 5.20. The van der Waals surface area contributed by atoms with E-state index in [1.54, 1.807) is 18.2 Å². The third-order valence-corrected chi connectivity index (χ3v) is 5.20. The minimum atomic E-state index is -4.42. The Labute approximate surface area is 185 Å². The highest BCUT2D eigenvalue weighted by Gasteiger charge is 2.31. The maximum Gasteiger partial charge on any atom is 0.416 e. The number of rotatable bonds is 2. The predicted molar refractivity (Wildman–Crippen MR) is 115 cm³/mol. The van der Waals surface area contributed by atoms with Crippen LogP contribution in [0.5, 0.6) is 11.5 Å².